The highest BCUT2D eigenvalue weighted by molar-refractivity contribution is 6.07. The van der Waals surface area contributed by atoms with E-state index in [1.54, 1.807) is 30.3 Å². The molecule has 0 aliphatic rings. The van der Waals surface area contributed by atoms with Crippen molar-refractivity contribution in [3.05, 3.63) is 114 Å². The van der Waals surface area contributed by atoms with E-state index in [1.165, 1.54) is 0 Å². The normalized spacial score (nSPS) is 12.0. The van der Waals surface area contributed by atoms with E-state index in [-0.39, 0.29) is 30.2 Å². The molecule has 1 atom stereocenters. The van der Waals surface area contributed by atoms with Gasteiger partial charge in [0, 0.05) is 5.56 Å². The van der Waals surface area contributed by atoms with Gasteiger partial charge < -0.3 is 4.74 Å². The monoisotopic (exact) mass is 423 g/mol. The minimum atomic E-state index is -0.381. The number of nitrogens with zero attached hydrogens (tertiary/aromatic N) is 1. The minimum absolute atomic E-state index is 0.0194. The van der Waals surface area contributed by atoms with Gasteiger partial charge in [0.05, 0.1) is 11.6 Å². The number of benzene rings is 3. The number of aromatic nitrogens is 1. The van der Waals surface area contributed by atoms with Gasteiger partial charge in [0.25, 0.3) is 0 Å². The SMILES string of the molecule is CC(C)C(C(=O)OCc1cccc(C(=O)c2ccccc2)n1)c1ccc2ccccc2c1. The third-order valence-electron chi connectivity index (χ3n) is 5.49. The fourth-order valence-electron chi connectivity index (χ4n) is 3.85. The third kappa shape index (κ3) is 4.75. The van der Waals surface area contributed by atoms with Gasteiger partial charge in [-0.1, -0.05) is 92.7 Å². The van der Waals surface area contributed by atoms with Gasteiger partial charge in [-0.15, -0.1) is 0 Å². The Labute approximate surface area is 187 Å². The van der Waals surface area contributed by atoms with Crippen LogP contribution in [0.5, 0.6) is 0 Å². The standard InChI is InChI=1S/C28H25NO3/c1-19(2)26(23-16-15-20-9-6-7-12-22(20)17-23)28(31)32-18-24-13-8-14-25(29-24)27(30)21-10-4-3-5-11-21/h3-17,19,26H,18H2,1-2H3. The molecule has 0 amide bonds. The summed E-state index contributed by atoms with van der Waals surface area (Å²) in [5.74, 6) is -0.761. The zero-order valence-electron chi connectivity index (χ0n) is 18.2. The molecule has 32 heavy (non-hydrogen) atoms. The maximum atomic E-state index is 13.0. The largest absolute Gasteiger partial charge is 0.459 e. The number of ether oxygens (including phenoxy) is 1. The number of ketones is 1. The maximum absolute atomic E-state index is 13.0. The molecular formula is C28H25NO3. The molecule has 0 radical (unpaired) electrons. The summed E-state index contributed by atoms with van der Waals surface area (Å²) < 4.78 is 5.65. The second-order valence-corrected chi connectivity index (χ2v) is 8.15. The van der Waals surface area contributed by atoms with Gasteiger partial charge >= 0.3 is 5.97 Å². The van der Waals surface area contributed by atoms with Gasteiger partial charge in [0.2, 0.25) is 5.78 Å². The van der Waals surface area contributed by atoms with Crippen molar-refractivity contribution in [2.45, 2.75) is 26.4 Å². The van der Waals surface area contributed by atoms with Gasteiger partial charge in [-0.3, -0.25) is 9.59 Å². The number of hydrogen-bond acceptors (Lipinski definition) is 4. The van der Waals surface area contributed by atoms with E-state index in [1.807, 2.05) is 62.4 Å². The molecule has 4 rings (SSSR count). The number of pyridine rings is 1. The summed E-state index contributed by atoms with van der Waals surface area (Å²) in [6.07, 6.45) is 0. The fraction of sp³-hybridized carbons (Fsp3) is 0.179. The molecule has 0 saturated carbocycles. The summed E-state index contributed by atoms with van der Waals surface area (Å²) in [5, 5.41) is 2.23. The van der Waals surface area contributed by atoms with Crippen LogP contribution in [-0.2, 0) is 16.1 Å². The summed E-state index contributed by atoms with van der Waals surface area (Å²) in [6.45, 7) is 4.04. The Kier molecular flexibility index (Phi) is 6.41. The topological polar surface area (TPSA) is 56.3 Å². The zero-order valence-corrected chi connectivity index (χ0v) is 18.2. The first-order chi connectivity index (χ1) is 15.5. The van der Waals surface area contributed by atoms with E-state index in [4.69, 9.17) is 4.74 Å². The van der Waals surface area contributed by atoms with Crippen molar-refractivity contribution >= 4 is 22.5 Å². The maximum Gasteiger partial charge on any atom is 0.314 e. The summed E-state index contributed by atoms with van der Waals surface area (Å²) in [5.41, 5.74) is 2.39. The average Bonchev–Trinajstić information content (AvgIpc) is 2.83. The molecule has 0 spiro atoms. The summed E-state index contributed by atoms with van der Waals surface area (Å²) >= 11 is 0. The fourth-order valence-corrected chi connectivity index (χ4v) is 3.85. The van der Waals surface area contributed by atoms with Crippen LogP contribution in [0.4, 0.5) is 0 Å². The van der Waals surface area contributed by atoms with Gasteiger partial charge in [0.15, 0.2) is 0 Å². The van der Waals surface area contributed by atoms with Crippen molar-refractivity contribution in [3.63, 3.8) is 0 Å². The molecular weight excluding hydrogens is 398 g/mol. The highest BCUT2D eigenvalue weighted by atomic mass is 16.5. The van der Waals surface area contributed by atoms with E-state index in [0.29, 0.717) is 17.0 Å². The summed E-state index contributed by atoms with van der Waals surface area (Å²) in [4.78, 5) is 30.1. The molecule has 1 unspecified atom stereocenters. The van der Waals surface area contributed by atoms with E-state index in [0.717, 1.165) is 16.3 Å². The molecule has 0 aliphatic heterocycles. The molecule has 1 heterocycles. The van der Waals surface area contributed by atoms with Crippen molar-refractivity contribution < 1.29 is 14.3 Å². The summed E-state index contributed by atoms with van der Waals surface area (Å²) in [6, 6.07) is 28.4. The van der Waals surface area contributed by atoms with Crippen LogP contribution in [0.15, 0.2) is 91.0 Å². The van der Waals surface area contributed by atoms with Crippen molar-refractivity contribution in [1.29, 1.82) is 0 Å². The number of carbonyl (C=O) groups is 2. The second kappa shape index (κ2) is 9.56. The van der Waals surface area contributed by atoms with Crippen LogP contribution in [0.2, 0.25) is 0 Å². The molecule has 0 saturated heterocycles. The summed E-state index contributed by atoms with van der Waals surface area (Å²) in [7, 11) is 0. The Balaban J connectivity index is 1.49. The predicted octanol–water partition coefficient (Wildman–Crippen LogP) is 5.95. The van der Waals surface area contributed by atoms with Crippen molar-refractivity contribution in [2.24, 2.45) is 5.92 Å². The van der Waals surface area contributed by atoms with Crippen LogP contribution < -0.4 is 0 Å². The van der Waals surface area contributed by atoms with Crippen molar-refractivity contribution in [3.8, 4) is 0 Å². The molecule has 0 bridgehead atoms. The quantitative estimate of drug-likeness (QED) is 0.272. The Morgan fingerprint density at radius 2 is 1.53 bits per heavy atom. The van der Waals surface area contributed by atoms with Gasteiger partial charge in [-0.2, -0.15) is 0 Å². The van der Waals surface area contributed by atoms with Gasteiger partial charge in [-0.25, -0.2) is 4.98 Å². The van der Waals surface area contributed by atoms with E-state index in [9.17, 15) is 9.59 Å². The first kappa shape index (κ1) is 21.4. The van der Waals surface area contributed by atoms with E-state index >= 15 is 0 Å². The molecule has 0 aliphatic carbocycles. The Bertz CT molecular complexity index is 1250. The van der Waals surface area contributed by atoms with E-state index in [2.05, 4.69) is 17.1 Å². The zero-order chi connectivity index (χ0) is 22.5. The van der Waals surface area contributed by atoms with E-state index < -0.39 is 0 Å². The molecule has 0 N–H and O–H groups in total. The first-order valence-corrected chi connectivity index (χ1v) is 10.7. The molecule has 4 heteroatoms. The number of esters is 1. The number of carbonyl (C=O) groups excluding carboxylic acids is 2. The van der Waals surface area contributed by atoms with Gasteiger partial charge in [-0.05, 0) is 34.4 Å². The van der Waals surface area contributed by atoms with Crippen molar-refractivity contribution in [1.82, 2.24) is 4.98 Å². The predicted molar refractivity (Wildman–Crippen MR) is 125 cm³/mol. The lowest BCUT2D eigenvalue weighted by molar-refractivity contribution is -0.148. The Hall–Kier alpha value is -3.79. The molecule has 3 aromatic carbocycles. The second-order valence-electron chi connectivity index (χ2n) is 8.15. The highest BCUT2D eigenvalue weighted by Crippen LogP contribution is 2.29. The van der Waals surface area contributed by atoms with Crippen LogP contribution in [0.1, 0.15) is 47.1 Å². The Morgan fingerprint density at radius 1 is 0.812 bits per heavy atom. The van der Waals surface area contributed by atoms with Crippen LogP contribution in [-0.4, -0.2) is 16.7 Å². The molecule has 160 valence electrons. The lowest BCUT2D eigenvalue weighted by Gasteiger charge is -2.20. The average molecular weight is 424 g/mol. The smallest absolute Gasteiger partial charge is 0.314 e. The minimum Gasteiger partial charge on any atom is -0.459 e. The lowest BCUT2D eigenvalue weighted by Crippen LogP contribution is -2.21. The Morgan fingerprint density at radius 3 is 2.28 bits per heavy atom. The highest BCUT2D eigenvalue weighted by Gasteiger charge is 2.26. The van der Waals surface area contributed by atoms with Crippen LogP contribution in [0.25, 0.3) is 10.8 Å². The van der Waals surface area contributed by atoms with Gasteiger partial charge in [0.1, 0.15) is 12.3 Å². The van der Waals surface area contributed by atoms with Crippen LogP contribution in [0.3, 0.4) is 0 Å². The number of rotatable bonds is 7. The first-order valence-electron chi connectivity index (χ1n) is 10.7. The molecule has 0 fully saturated rings. The van der Waals surface area contributed by atoms with Crippen LogP contribution >= 0.6 is 0 Å². The third-order valence-corrected chi connectivity index (χ3v) is 5.49. The van der Waals surface area contributed by atoms with Crippen molar-refractivity contribution in [2.75, 3.05) is 0 Å². The molecule has 1 aromatic heterocycles. The lowest BCUT2D eigenvalue weighted by atomic mass is 9.87. The number of fused-ring (bicyclic) bond motifs is 1. The number of hydrogen-bond donors (Lipinski definition) is 0. The molecule has 4 nitrogen and oxygen atoms in total. The van der Waals surface area contributed by atoms with Crippen LogP contribution in [0, 0.1) is 5.92 Å². The molecule has 4 aromatic rings.